The summed E-state index contributed by atoms with van der Waals surface area (Å²) in [4.78, 5) is 4.05. The van der Waals surface area contributed by atoms with E-state index in [0.717, 1.165) is 23.7 Å². The van der Waals surface area contributed by atoms with Crippen LogP contribution in [0.4, 0.5) is 4.39 Å². The summed E-state index contributed by atoms with van der Waals surface area (Å²) in [5.41, 5.74) is 2.96. The van der Waals surface area contributed by atoms with E-state index < -0.39 is 15.8 Å². The Kier molecular flexibility index (Phi) is 4.13. The summed E-state index contributed by atoms with van der Waals surface area (Å²) in [7, 11) is -2.07. The van der Waals surface area contributed by atoms with Gasteiger partial charge in [0.05, 0.1) is 10.6 Å². The standard InChI is InChI=1S/C19H18FN3O2S/c1-21-17-7-8-18-16(17)11-19(13-4-3-9-22-12-13)23(18)26(24,25)15-6-2-5-14(20)10-15/h2-6,9-12,17,21H,7-8H2,1H3. The number of halogens is 1. The van der Waals surface area contributed by atoms with Gasteiger partial charge in [0.1, 0.15) is 5.82 Å². The molecule has 1 aromatic carbocycles. The van der Waals surface area contributed by atoms with Gasteiger partial charge in [-0.05, 0) is 61.9 Å². The van der Waals surface area contributed by atoms with Crippen molar-refractivity contribution in [3.8, 4) is 11.3 Å². The van der Waals surface area contributed by atoms with Crippen molar-refractivity contribution >= 4 is 10.0 Å². The Bertz CT molecular complexity index is 1060. The molecule has 1 atom stereocenters. The molecule has 0 amide bonds. The third-order valence-corrected chi connectivity index (χ3v) is 6.52. The molecule has 7 heteroatoms. The second-order valence-corrected chi connectivity index (χ2v) is 8.07. The average Bonchev–Trinajstić information content (AvgIpc) is 3.21. The minimum Gasteiger partial charge on any atom is -0.313 e. The Hall–Kier alpha value is -2.51. The number of benzene rings is 1. The number of hydrogen-bond donors (Lipinski definition) is 1. The summed E-state index contributed by atoms with van der Waals surface area (Å²) < 4.78 is 41.7. The van der Waals surface area contributed by atoms with Gasteiger partial charge in [0.2, 0.25) is 0 Å². The molecule has 1 unspecified atom stereocenters. The zero-order valence-corrected chi connectivity index (χ0v) is 15.0. The lowest BCUT2D eigenvalue weighted by Gasteiger charge is -2.13. The van der Waals surface area contributed by atoms with Crippen molar-refractivity contribution in [1.82, 2.24) is 14.3 Å². The van der Waals surface area contributed by atoms with E-state index in [2.05, 4.69) is 10.3 Å². The van der Waals surface area contributed by atoms with E-state index in [4.69, 9.17) is 0 Å². The lowest BCUT2D eigenvalue weighted by atomic mass is 10.1. The first kappa shape index (κ1) is 16.9. The fourth-order valence-electron chi connectivity index (χ4n) is 3.56. The fourth-order valence-corrected chi connectivity index (χ4v) is 5.18. The quantitative estimate of drug-likeness (QED) is 0.765. The highest BCUT2D eigenvalue weighted by molar-refractivity contribution is 7.90. The number of pyridine rings is 1. The molecule has 4 rings (SSSR count). The van der Waals surface area contributed by atoms with Gasteiger partial charge in [-0.3, -0.25) is 4.98 Å². The number of fused-ring (bicyclic) bond motifs is 1. The lowest BCUT2D eigenvalue weighted by molar-refractivity contribution is 0.579. The van der Waals surface area contributed by atoms with Crippen LogP contribution in [0.15, 0.2) is 59.8 Å². The number of rotatable bonds is 4. The maximum atomic E-state index is 13.7. The molecule has 0 aliphatic heterocycles. The summed E-state index contributed by atoms with van der Waals surface area (Å²) in [5.74, 6) is -0.578. The summed E-state index contributed by atoms with van der Waals surface area (Å²) >= 11 is 0. The summed E-state index contributed by atoms with van der Waals surface area (Å²) in [6, 6.07) is 10.7. The predicted molar refractivity (Wildman–Crippen MR) is 96.8 cm³/mol. The van der Waals surface area contributed by atoms with Gasteiger partial charge in [-0.25, -0.2) is 16.8 Å². The normalized spacial score (nSPS) is 16.6. The molecule has 2 aromatic heterocycles. The summed E-state index contributed by atoms with van der Waals surface area (Å²) in [5, 5.41) is 3.23. The zero-order valence-electron chi connectivity index (χ0n) is 14.2. The van der Waals surface area contributed by atoms with E-state index >= 15 is 0 Å². The van der Waals surface area contributed by atoms with Crippen molar-refractivity contribution in [3.63, 3.8) is 0 Å². The molecular formula is C19H18FN3O2S. The van der Waals surface area contributed by atoms with Crippen LogP contribution >= 0.6 is 0 Å². The Morgan fingerprint density at radius 1 is 1.23 bits per heavy atom. The molecule has 26 heavy (non-hydrogen) atoms. The fraction of sp³-hybridized carbons (Fsp3) is 0.211. The van der Waals surface area contributed by atoms with Crippen LogP contribution in [0.5, 0.6) is 0 Å². The second kappa shape index (κ2) is 6.34. The van der Waals surface area contributed by atoms with Crippen LogP contribution in [0.1, 0.15) is 23.7 Å². The number of hydrogen-bond acceptors (Lipinski definition) is 4. The van der Waals surface area contributed by atoms with Crippen molar-refractivity contribution in [2.75, 3.05) is 7.05 Å². The highest BCUT2D eigenvalue weighted by Gasteiger charge is 2.33. The maximum Gasteiger partial charge on any atom is 0.268 e. The maximum absolute atomic E-state index is 13.7. The molecule has 0 saturated heterocycles. The third kappa shape index (κ3) is 2.64. The number of nitrogens with one attached hydrogen (secondary N) is 1. The molecule has 0 fully saturated rings. The molecule has 0 saturated carbocycles. The Labute approximate surface area is 151 Å². The van der Waals surface area contributed by atoms with Crippen LogP contribution < -0.4 is 5.32 Å². The smallest absolute Gasteiger partial charge is 0.268 e. The Morgan fingerprint density at radius 2 is 2.08 bits per heavy atom. The molecular weight excluding hydrogens is 353 g/mol. The van der Waals surface area contributed by atoms with E-state index in [0.29, 0.717) is 17.7 Å². The van der Waals surface area contributed by atoms with Crippen LogP contribution in [0.25, 0.3) is 11.3 Å². The highest BCUT2D eigenvalue weighted by atomic mass is 32.2. The van der Waals surface area contributed by atoms with E-state index in [1.807, 2.05) is 19.2 Å². The lowest BCUT2D eigenvalue weighted by Crippen LogP contribution is -2.17. The van der Waals surface area contributed by atoms with Crippen LogP contribution in [-0.2, 0) is 16.4 Å². The van der Waals surface area contributed by atoms with Crippen LogP contribution in [0, 0.1) is 5.82 Å². The molecule has 2 heterocycles. The van der Waals surface area contributed by atoms with Crippen molar-refractivity contribution in [2.45, 2.75) is 23.8 Å². The van der Waals surface area contributed by atoms with Crippen LogP contribution in [-0.4, -0.2) is 24.4 Å². The average molecular weight is 371 g/mol. The summed E-state index contributed by atoms with van der Waals surface area (Å²) in [6.45, 7) is 0. The molecule has 0 spiro atoms. The molecule has 0 bridgehead atoms. The first-order valence-electron chi connectivity index (χ1n) is 8.35. The van der Waals surface area contributed by atoms with Gasteiger partial charge in [-0.2, -0.15) is 0 Å². The molecule has 3 aromatic rings. The van der Waals surface area contributed by atoms with Crippen molar-refractivity contribution in [2.24, 2.45) is 0 Å². The van der Waals surface area contributed by atoms with Gasteiger partial charge in [0, 0.05) is 29.7 Å². The van der Waals surface area contributed by atoms with Gasteiger partial charge in [-0.1, -0.05) is 6.07 Å². The molecule has 0 radical (unpaired) electrons. The minimum atomic E-state index is -3.93. The topological polar surface area (TPSA) is 64.0 Å². The van der Waals surface area contributed by atoms with Gasteiger partial charge in [0.15, 0.2) is 0 Å². The van der Waals surface area contributed by atoms with E-state index in [9.17, 15) is 12.8 Å². The monoisotopic (exact) mass is 371 g/mol. The van der Waals surface area contributed by atoms with Crippen LogP contribution in [0.3, 0.4) is 0 Å². The Balaban J connectivity index is 1.98. The minimum absolute atomic E-state index is 0.0612. The molecule has 134 valence electrons. The zero-order chi connectivity index (χ0) is 18.3. The number of nitrogens with zero attached hydrogens (tertiary/aromatic N) is 2. The third-order valence-electron chi connectivity index (χ3n) is 4.77. The first-order valence-corrected chi connectivity index (χ1v) is 9.79. The van der Waals surface area contributed by atoms with Gasteiger partial charge >= 0.3 is 0 Å². The second-order valence-electron chi connectivity index (χ2n) is 6.28. The SMILES string of the molecule is CNC1CCc2c1cc(-c1cccnc1)n2S(=O)(=O)c1cccc(F)c1. The molecule has 1 aliphatic rings. The number of aromatic nitrogens is 2. The molecule has 1 N–H and O–H groups in total. The largest absolute Gasteiger partial charge is 0.313 e. The Morgan fingerprint density at radius 3 is 2.77 bits per heavy atom. The van der Waals surface area contributed by atoms with E-state index in [1.165, 1.54) is 22.2 Å². The van der Waals surface area contributed by atoms with Crippen molar-refractivity contribution in [3.05, 3.63) is 71.9 Å². The summed E-state index contributed by atoms with van der Waals surface area (Å²) in [6.07, 6.45) is 4.74. The van der Waals surface area contributed by atoms with Crippen LogP contribution in [0.2, 0.25) is 0 Å². The highest BCUT2D eigenvalue weighted by Crippen LogP contribution is 2.39. The molecule has 5 nitrogen and oxygen atoms in total. The van der Waals surface area contributed by atoms with E-state index in [1.54, 1.807) is 18.5 Å². The predicted octanol–water partition coefficient (Wildman–Crippen LogP) is 3.13. The van der Waals surface area contributed by atoms with Gasteiger partial charge in [-0.15, -0.1) is 0 Å². The van der Waals surface area contributed by atoms with Crippen molar-refractivity contribution < 1.29 is 12.8 Å². The van der Waals surface area contributed by atoms with Gasteiger partial charge in [0.25, 0.3) is 10.0 Å². The first-order chi connectivity index (χ1) is 12.5. The van der Waals surface area contributed by atoms with Gasteiger partial charge < -0.3 is 5.32 Å². The van der Waals surface area contributed by atoms with E-state index in [-0.39, 0.29) is 10.9 Å². The van der Waals surface area contributed by atoms with Crippen molar-refractivity contribution in [1.29, 1.82) is 0 Å². The molecule has 1 aliphatic carbocycles.